The number of nitrogens with two attached hydrogens (primary N) is 1. The summed E-state index contributed by atoms with van der Waals surface area (Å²) >= 11 is 0. The first kappa shape index (κ1) is 25.5. The van der Waals surface area contributed by atoms with Crippen LogP contribution < -0.4 is 10.5 Å². The number of phenolic OH excluding ortho intramolecular Hbond substituents is 1. The van der Waals surface area contributed by atoms with Crippen molar-refractivity contribution in [3.8, 4) is 5.75 Å². The topological polar surface area (TPSA) is 114 Å². The van der Waals surface area contributed by atoms with E-state index in [9.17, 15) is 17.9 Å². The number of halogens is 1. The van der Waals surface area contributed by atoms with Crippen LogP contribution in [0.1, 0.15) is 16.7 Å². The van der Waals surface area contributed by atoms with E-state index in [0.717, 1.165) is 17.5 Å². The Balaban J connectivity index is 1.54. The number of ether oxygens (including phenoxy) is 2. The van der Waals surface area contributed by atoms with Crippen LogP contribution in [-0.4, -0.2) is 71.0 Å². The molecule has 3 rings (SSSR count). The zero-order valence-corrected chi connectivity index (χ0v) is 19.6. The molecule has 0 unspecified atom stereocenters. The average Bonchev–Trinajstić information content (AvgIpc) is 3.20. The predicted molar refractivity (Wildman–Crippen MR) is 123 cm³/mol. The first-order valence-corrected chi connectivity index (χ1v) is 12.4. The fraction of sp³-hybridized carbons (Fsp3) is 0.478. The van der Waals surface area contributed by atoms with Crippen LogP contribution in [0.15, 0.2) is 41.3 Å². The van der Waals surface area contributed by atoms with Crippen LogP contribution in [0.4, 0.5) is 4.39 Å². The van der Waals surface area contributed by atoms with Gasteiger partial charge in [0, 0.05) is 31.2 Å². The summed E-state index contributed by atoms with van der Waals surface area (Å²) in [4.78, 5) is 2.13. The van der Waals surface area contributed by atoms with E-state index in [1.807, 2.05) is 13.1 Å². The van der Waals surface area contributed by atoms with Gasteiger partial charge in [0.1, 0.15) is 11.6 Å². The van der Waals surface area contributed by atoms with Crippen LogP contribution in [0.25, 0.3) is 0 Å². The SMILES string of the molecule is CN(Cc1cc(S(=O)(=O)NCCOCCOCCN)ccc1O)[C@H]1Cc2ccc(F)cc2C1. The van der Waals surface area contributed by atoms with Crippen molar-refractivity contribution < 1.29 is 27.4 Å². The largest absolute Gasteiger partial charge is 0.508 e. The van der Waals surface area contributed by atoms with Gasteiger partial charge in [0.25, 0.3) is 0 Å². The zero-order chi connectivity index (χ0) is 23.8. The molecular formula is C23H32FN3O5S. The Morgan fingerprint density at radius 1 is 1.09 bits per heavy atom. The molecule has 0 fully saturated rings. The molecule has 182 valence electrons. The van der Waals surface area contributed by atoms with E-state index in [-0.39, 0.29) is 35.7 Å². The number of phenols is 1. The number of nitrogens with one attached hydrogen (secondary N) is 1. The molecular weight excluding hydrogens is 449 g/mol. The predicted octanol–water partition coefficient (Wildman–Crippen LogP) is 1.40. The summed E-state index contributed by atoms with van der Waals surface area (Å²) in [6.45, 7) is 2.35. The summed E-state index contributed by atoms with van der Waals surface area (Å²) in [5, 5.41) is 10.3. The molecule has 0 radical (unpaired) electrons. The molecule has 1 atom stereocenters. The van der Waals surface area contributed by atoms with E-state index < -0.39 is 10.0 Å². The molecule has 0 spiro atoms. The van der Waals surface area contributed by atoms with Crippen molar-refractivity contribution >= 4 is 10.0 Å². The minimum atomic E-state index is -3.75. The highest BCUT2D eigenvalue weighted by atomic mass is 32.2. The van der Waals surface area contributed by atoms with Gasteiger partial charge in [-0.05, 0) is 61.3 Å². The molecule has 2 aromatic rings. The number of likely N-dealkylation sites (N-methyl/N-ethyl adjacent to an activating group) is 1. The highest BCUT2D eigenvalue weighted by Gasteiger charge is 2.26. The molecule has 1 aliphatic carbocycles. The number of aromatic hydroxyl groups is 1. The number of fused-ring (bicyclic) bond motifs is 1. The highest BCUT2D eigenvalue weighted by molar-refractivity contribution is 7.89. The summed E-state index contributed by atoms with van der Waals surface area (Å²) in [5.74, 6) is -0.214. The lowest BCUT2D eigenvalue weighted by Gasteiger charge is -2.24. The van der Waals surface area contributed by atoms with Gasteiger partial charge < -0.3 is 20.3 Å². The lowest BCUT2D eigenvalue weighted by Crippen LogP contribution is -2.32. The third kappa shape index (κ3) is 7.20. The van der Waals surface area contributed by atoms with E-state index >= 15 is 0 Å². The third-order valence-electron chi connectivity index (χ3n) is 5.66. The van der Waals surface area contributed by atoms with Crippen molar-refractivity contribution in [2.45, 2.75) is 30.3 Å². The van der Waals surface area contributed by atoms with Crippen LogP contribution in [0, 0.1) is 5.82 Å². The molecule has 10 heteroatoms. The Labute approximate surface area is 194 Å². The van der Waals surface area contributed by atoms with Crippen LogP contribution in [0.2, 0.25) is 0 Å². The second-order valence-corrected chi connectivity index (χ2v) is 9.86. The van der Waals surface area contributed by atoms with Crippen LogP contribution in [0.3, 0.4) is 0 Å². The van der Waals surface area contributed by atoms with Crippen molar-refractivity contribution in [1.82, 2.24) is 9.62 Å². The Kier molecular flexibility index (Phi) is 9.19. The Bertz CT molecular complexity index is 1030. The van der Waals surface area contributed by atoms with Crippen molar-refractivity contribution in [2.75, 3.05) is 46.6 Å². The maximum Gasteiger partial charge on any atom is 0.240 e. The summed E-state index contributed by atoms with van der Waals surface area (Å²) < 4.78 is 51.8. The minimum absolute atomic E-state index is 0.0307. The number of rotatable bonds is 13. The quantitative estimate of drug-likeness (QED) is 0.371. The molecule has 0 bridgehead atoms. The van der Waals surface area contributed by atoms with Gasteiger partial charge in [-0.1, -0.05) is 6.07 Å². The molecule has 8 nitrogen and oxygen atoms in total. The molecule has 2 aromatic carbocycles. The third-order valence-corrected chi connectivity index (χ3v) is 7.12. The molecule has 33 heavy (non-hydrogen) atoms. The van der Waals surface area contributed by atoms with Gasteiger partial charge in [0.05, 0.1) is 31.3 Å². The first-order chi connectivity index (χ1) is 15.8. The second-order valence-electron chi connectivity index (χ2n) is 8.09. The average molecular weight is 482 g/mol. The van der Waals surface area contributed by atoms with Gasteiger partial charge in [-0.2, -0.15) is 0 Å². The summed E-state index contributed by atoms with van der Waals surface area (Å²) in [7, 11) is -1.84. The van der Waals surface area contributed by atoms with E-state index in [4.69, 9.17) is 15.2 Å². The van der Waals surface area contributed by atoms with Crippen LogP contribution in [0.5, 0.6) is 5.75 Å². The van der Waals surface area contributed by atoms with Crippen molar-refractivity contribution in [3.63, 3.8) is 0 Å². The Hall–Kier alpha value is -2.08. The number of benzene rings is 2. The number of hydrogen-bond donors (Lipinski definition) is 3. The fourth-order valence-electron chi connectivity index (χ4n) is 3.87. The Morgan fingerprint density at radius 3 is 2.58 bits per heavy atom. The molecule has 4 N–H and O–H groups in total. The second kappa shape index (κ2) is 11.9. The van der Waals surface area contributed by atoms with E-state index in [0.29, 0.717) is 44.9 Å². The smallest absolute Gasteiger partial charge is 0.240 e. The monoisotopic (exact) mass is 481 g/mol. The van der Waals surface area contributed by atoms with E-state index in [1.54, 1.807) is 6.07 Å². The number of hydrogen-bond acceptors (Lipinski definition) is 7. The zero-order valence-electron chi connectivity index (χ0n) is 18.8. The van der Waals surface area contributed by atoms with Gasteiger partial charge in [0.15, 0.2) is 0 Å². The van der Waals surface area contributed by atoms with E-state index in [2.05, 4.69) is 9.62 Å². The molecule has 0 aromatic heterocycles. The standard InChI is InChI=1S/C23H32FN3O5S/c1-27(21-13-17-2-3-20(24)12-18(17)14-21)16-19-15-22(4-5-23(19)28)33(29,30)26-7-9-32-11-10-31-8-6-25/h2-5,12,15,21,26,28H,6-11,13-14,16,25H2,1H3/t21-/m0/s1. The first-order valence-electron chi connectivity index (χ1n) is 10.9. The minimum Gasteiger partial charge on any atom is -0.508 e. The van der Waals surface area contributed by atoms with Crippen LogP contribution in [-0.2, 0) is 38.9 Å². The fourth-order valence-corrected chi connectivity index (χ4v) is 4.93. The maximum absolute atomic E-state index is 13.5. The van der Waals surface area contributed by atoms with Gasteiger partial charge in [0.2, 0.25) is 10.0 Å². The van der Waals surface area contributed by atoms with Crippen molar-refractivity contribution in [2.24, 2.45) is 5.73 Å². The molecule has 0 saturated heterocycles. The molecule has 0 heterocycles. The molecule has 1 aliphatic rings. The van der Waals surface area contributed by atoms with Crippen molar-refractivity contribution in [1.29, 1.82) is 0 Å². The lowest BCUT2D eigenvalue weighted by atomic mass is 10.1. The highest BCUT2D eigenvalue weighted by Crippen LogP contribution is 2.28. The Morgan fingerprint density at radius 2 is 1.82 bits per heavy atom. The summed E-state index contributed by atoms with van der Waals surface area (Å²) in [6, 6.07) is 9.23. The normalized spacial score (nSPS) is 15.8. The maximum atomic E-state index is 13.5. The summed E-state index contributed by atoms with van der Waals surface area (Å²) in [5.41, 5.74) is 7.94. The summed E-state index contributed by atoms with van der Waals surface area (Å²) in [6.07, 6.45) is 1.49. The number of sulfonamides is 1. The van der Waals surface area contributed by atoms with Crippen LogP contribution >= 0.6 is 0 Å². The van der Waals surface area contributed by atoms with Gasteiger partial charge in [-0.15, -0.1) is 0 Å². The van der Waals surface area contributed by atoms with Gasteiger partial charge >= 0.3 is 0 Å². The molecule has 0 amide bonds. The number of nitrogens with zero attached hydrogens (tertiary/aromatic N) is 1. The van der Waals surface area contributed by atoms with Gasteiger partial charge in [-0.25, -0.2) is 17.5 Å². The molecule has 0 saturated carbocycles. The lowest BCUT2D eigenvalue weighted by molar-refractivity contribution is 0.0530. The van der Waals surface area contributed by atoms with Gasteiger partial charge in [-0.3, -0.25) is 4.90 Å². The van der Waals surface area contributed by atoms with Crippen molar-refractivity contribution in [3.05, 3.63) is 58.9 Å². The molecule has 0 aliphatic heterocycles. The van der Waals surface area contributed by atoms with E-state index in [1.165, 1.54) is 24.3 Å².